The van der Waals surface area contributed by atoms with Crippen molar-refractivity contribution in [2.45, 2.75) is 32.0 Å². The molecule has 0 aliphatic carbocycles. The van der Waals surface area contributed by atoms with Gasteiger partial charge in [0.1, 0.15) is 18.0 Å². The molecular weight excluding hydrogens is 600 g/mol. The van der Waals surface area contributed by atoms with E-state index in [1.54, 1.807) is 24.3 Å². The maximum absolute atomic E-state index is 13.5. The first-order chi connectivity index (χ1) is 21.7. The van der Waals surface area contributed by atoms with E-state index >= 15 is 0 Å². The van der Waals surface area contributed by atoms with Gasteiger partial charge in [-0.2, -0.15) is 0 Å². The number of aryl methyl sites for hydroxylation is 1. The van der Waals surface area contributed by atoms with Crippen molar-refractivity contribution in [3.63, 3.8) is 0 Å². The molecule has 0 aliphatic rings. The highest BCUT2D eigenvalue weighted by molar-refractivity contribution is 7.81. The highest BCUT2D eigenvalue weighted by atomic mass is 32.2. The molecule has 1 unspecified atom stereocenters. The Bertz CT molecular complexity index is 1620. The molecule has 0 aromatic heterocycles. The van der Waals surface area contributed by atoms with Gasteiger partial charge < -0.3 is 25.1 Å². The monoisotopic (exact) mass is 631 g/mol. The van der Waals surface area contributed by atoms with Gasteiger partial charge in [-0.3, -0.25) is 19.1 Å². The Hall–Kier alpha value is -5.27. The third-order valence-corrected chi connectivity index (χ3v) is 7.38. The van der Waals surface area contributed by atoms with Gasteiger partial charge in [-0.05, 0) is 53.8 Å². The van der Waals surface area contributed by atoms with Crippen molar-refractivity contribution in [2.75, 3.05) is 16.2 Å². The molecule has 234 valence electrons. The van der Waals surface area contributed by atoms with Crippen LogP contribution in [0.25, 0.3) is 0 Å². The van der Waals surface area contributed by atoms with Gasteiger partial charge in [0.2, 0.25) is 0 Å². The molecule has 0 saturated heterocycles. The number of nitrogens with one attached hydrogen (secondary N) is 1. The molecule has 12 nitrogen and oxygen atoms in total. The summed E-state index contributed by atoms with van der Waals surface area (Å²) in [4.78, 5) is 36.3. The predicted molar refractivity (Wildman–Crippen MR) is 168 cm³/mol. The number of benzene rings is 4. The molecule has 45 heavy (non-hydrogen) atoms. The molecule has 3 N–H and O–H groups in total. The van der Waals surface area contributed by atoms with Crippen LogP contribution in [0.5, 0.6) is 5.75 Å². The number of hydrogen-bond acceptors (Lipinski definition) is 9. The Morgan fingerprint density at radius 2 is 1.56 bits per heavy atom. The van der Waals surface area contributed by atoms with Gasteiger partial charge in [0.25, 0.3) is 11.6 Å². The van der Waals surface area contributed by atoms with Crippen LogP contribution in [0.1, 0.15) is 23.1 Å². The second kappa shape index (κ2) is 16.0. The molecular formula is C32H31N4O8S-. The SMILES string of the molecule is NC(=O)O[C@@H](Cc1ccc(OCc2ccccc2)cc1)C(=O)N(c1ccc(NCCCc2ccccc2)c([N+](=O)[O-])c1)S(=O)[O-]. The number of rotatable bonds is 15. The molecule has 0 radical (unpaired) electrons. The summed E-state index contributed by atoms with van der Waals surface area (Å²) in [7, 11) is 0. The average molecular weight is 632 g/mol. The lowest BCUT2D eigenvalue weighted by molar-refractivity contribution is -0.383. The Balaban J connectivity index is 1.47. The topological polar surface area (TPSA) is 177 Å². The molecule has 13 heteroatoms. The molecule has 0 fully saturated rings. The molecule has 2 amide bonds. The second-order valence-corrected chi connectivity index (χ2v) is 10.7. The normalized spacial score (nSPS) is 12.0. The average Bonchev–Trinajstić information content (AvgIpc) is 3.03. The van der Waals surface area contributed by atoms with Crippen molar-refractivity contribution in [2.24, 2.45) is 5.73 Å². The Morgan fingerprint density at radius 1 is 0.911 bits per heavy atom. The lowest BCUT2D eigenvalue weighted by Crippen LogP contribution is -2.44. The molecule has 0 aliphatic heterocycles. The summed E-state index contributed by atoms with van der Waals surface area (Å²) in [6, 6.07) is 29.4. The third-order valence-electron chi connectivity index (χ3n) is 6.69. The van der Waals surface area contributed by atoms with Gasteiger partial charge in [-0.1, -0.05) is 72.8 Å². The molecule has 0 spiro atoms. The first kappa shape index (κ1) is 32.6. The van der Waals surface area contributed by atoms with Gasteiger partial charge in [0.05, 0.1) is 21.9 Å². The van der Waals surface area contributed by atoms with Crippen LogP contribution in [0.2, 0.25) is 0 Å². The maximum atomic E-state index is 13.5. The van der Waals surface area contributed by atoms with Crippen molar-refractivity contribution in [3.05, 3.63) is 130 Å². The maximum Gasteiger partial charge on any atom is 0.405 e. The fourth-order valence-corrected chi connectivity index (χ4v) is 5.07. The summed E-state index contributed by atoms with van der Waals surface area (Å²) >= 11 is -3.22. The lowest BCUT2D eigenvalue weighted by Gasteiger charge is -2.28. The summed E-state index contributed by atoms with van der Waals surface area (Å²) in [6.45, 7) is 0.750. The fraction of sp³-hybridized carbons (Fsp3) is 0.188. The summed E-state index contributed by atoms with van der Waals surface area (Å²) in [5.41, 5.74) is 7.21. The first-order valence-corrected chi connectivity index (χ1v) is 15.0. The van der Waals surface area contributed by atoms with Gasteiger partial charge in [0, 0.05) is 19.0 Å². The molecule has 0 bridgehead atoms. The van der Waals surface area contributed by atoms with Crippen LogP contribution < -0.4 is 20.1 Å². The number of amides is 2. The number of carbonyl (C=O) groups excluding carboxylic acids is 2. The quantitative estimate of drug-likeness (QED) is 0.0786. The van der Waals surface area contributed by atoms with E-state index < -0.39 is 40.0 Å². The standard InChI is InChI=1S/C32H32N4O8S/c33-32(38)44-30(20-24-13-16-27(17-14-24)43-22-25-10-5-2-6-11-25)31(37)35(45(41)42)26-15-18-28(29(21-26)36(39)40)34-19-7-12-23-8-3-1-4-9-23/h1-6,8-11,13-18,21,30,34H,7,12,19-20,22H2,(H2,33,38)(H,41,42)/p-1/t30-/m0/s1. The fourth-order valence-electron chi connectivity index (χ4n) is 4.52. The van der Waals surface area contributed by atoms with Crippen molar-refractivity contribution < 1.29 is 32.7 Å². The van der Waals surface area contributed by atoms with Gasteiger partial charge >= 0.3 is 6.09 Å². The largest absolute Gasteiger partial charge is 0.755 e. The number of nitrogens with two attached hydrogens (primary N) is 1. The van der Waals surface area contributed by atoms with E-state index in [0.29, 0.717) is 35.2 Å². The van der Waals surface area contributed by atoms with E-state index in [-0.39, 0.29) is 17.8 Å². The summed E-state index contributed by atoms with van der Waals surface area (Å²) in [5.74, 6) is -0.617. The molecule has 4 aromatic rings. The van der Waals surface area contributed by atoms with Crippen LogP contribution in [0.3, 0.4) is 0 Å². The smallest absolute Gasteiger partial charge is 0.405 e. The van der Waals surface area contributed by atoms with E-state index in [2.05, 4.69) is 5.32 Å². The van der Waals surface area contributed by atoms with Crippen LogP contribution in [0.4, 0.5) is 21.9 Å². The number of primary amides is 1. The van der Waals surface area contributed by atoms with Crippen LogP contribution in [-0.4, -0.2) is 38.3 Å². The number of nitro groups is 1. The van der Waals surface area contributed by atoms with Crippen LogP contribution in [0.15, 0.2) is 103 Å². The third kappa shape index (κ3) is 9.61. The van der Waals surface area contributed by atoms with Crippen LogP contribution in [-0.2, 0) is 40.2 Å². The van der Waals surface area contributed by atoms with Gasteiger partial charge in [-0.25, -0.2) is 9.10 Å². The Morgan fingerprint density at radius 3 is 2.16 bits per heavy atom. The zero-order valence-electron chi connectivity index (χ0n) is 24.1. The van der Waals surface area contributed by atoms with Crippen LogP contribution in [0, 0.1) is 10.1 Å². The number of anilines is 2. The highest BCUT2D eigenvalue weighted by Gasteiger charge is 2.31. The summed E-state index contributed by atoms with van der Waals surface area (Å²) in [6.07, 6.45) is -1.73. The number of nitrogens with zero attached hydrogens (tertiary/aromatic N) is 2. The Kier molecular flexibility index (Phi) is 11.6. The van der Waals surface area contributed by atoms with Gasteiger partial charge in [-0.15, -0.1) is 0 Å². The minimum absolute atomic E-state index is 0.153. The van der Waals surface area contributed by atoms with E-state index in [0.717, 1.165) is 23.6 Å². The van der Waals surface area contributed by atoms with Crippen molar-refractivity contribution in [3.8, 4) is 5.75 Å². The van der Waals surface area contributed by atoms with Gasteiger partial charge in [0.15, 0.2) is 6.10 Å². The summed E-state index contributed by atoms with van der Waals surface area (Å²) < 4.78 is 35.6. The number of hydrogen-bond donors (Lipinski definition) is 2. The number of ether oxygens (including phenoxy) is 2. The molecule has 0 saturated carbocycles. The first-order valence-electron chi connectivity index (χ1n) is 13.9. The van der Waals surface area contributed by atoms with E-state index in [1.165, 1.54) is 12.1 Å². The van der Waals surface area contributed by atoms with E-state index in [9.17, 15) is 28.5 Å². The molecule has 4 rings (SSSR count). The zero-order chi connectivity index (χ0) is 32.2. The van der Waals surface area contributed by atoms with Crippen molar-refractivity contribution in [1.82, 2.24) is 0 Å². The number of carbonyl (C=O) groups is 2. The minimum atomic E-state index is -3.22. The van der Waals surface area contributed by atoms with Crippen molar-refractivity contribution in [1.29, 1.82) is 0 Å². The molecule has 4 aromatic carbocycles. The number of nitro benzene ring substituents is 1. The summed E-state index contributed by atoms with van der Waals surface area (Å²) in [5, 5.41) is 14.9. The second-order valence-electron chi connectivity index (χ2n) is 9.87. The van der Waals surface area contributed by atoms with Crippen molar-refractivity contribution >= 4 is 40.3 Å². The highest BCUT2D eigenvalue weighted by Crippen LogP contribution is 2.31. The zero-order valence-corrected chi connectivity index (χ0v) is 24.9. The van der Waals surface area contributed by atoms with E-state index in [1.807, 2.05) is 60.7 Å². The lowest BCUT2D eigenvalue weighted by atomic mass is 10.1. The Labute approximate surface area is 262 Å². The van der Waals surface area contributed by atoms with E-state index in [4.69, 9.17) is 15.2 Å². The minimum Gasteiger partial charge on any atom is -0.755 e. The molecule has 2 atom stereocenters. The molecule has 0 heterocycles. The predicted octanol–water partition coefficient (Wildman–Crippen LogP) is 5.05. The van der Waals surface area contributed by atoms with Crippen LogP contribution >= 0.6 is 0 Å².